The molecule has 348 valence electrons. The summed E-state index contributed by atoms with van der Waals surface area (Å²) in [6, 6.07) is 0. The zero-order chi connectivity index (χ0) is 45.3. The van der Waals surface area contributed by atoms with Gasteiger partial charge in [-0.2, -0.15) is 0 Å². The highest BCUT2D eigenvalue weighted by atomic mass is 127. The molecular formula is C47H87IO9Si3. The van der Waals surface area contributed by atoms with Gasteiger partial charge in [0, 0.05) is 23.2 Å². The van der Waals surface area contributed by atoms with Crippen molar-refractivity contribution in [1.82, 2.24) is 0 Å². The summed E-state index contributed by atoms with van der Waals surface area (Å²) in [5.74, 6) is 0.257. The van der Waals surface area contributed by atoms with Crippen molar-refractivity contribution >= 4 is 53.8 Å². The number of halogens is 1. The molecule has 9 nitrogen and oxygen atoms in total. The monoisotopic (exact) mass is 1010 g/mol. The van der Waals surface area contributed by atoms with E-state index >= 15 is 0 Å². The molecule has 60 heavy (non-hydrogen) atoms. The number of rotatable bonds is 18. The lowest BCUT2D eigenvalue weighted by Gasteiger charge is -2.56. The van der Waals surface area contributed by atoms with Gasteiger partial charge in [-0.15, -0.1) is 0 Å². The summed E-state index contributed by atoms with van der Waals surface area (Å²) in [6.07, 6.45) is 12.1. The van der Waals surface area contributed by atoms with Crippen LogP contribution in [-0.2, 0) is 37.0 Å². The molecule has 4 heterocycles. The fourth-order valence-electron chi connectivity index (χ4n) is 8.40. The van der Waals surface area contributed by atoms with E-state index in [4.69, 9.17) is 32.2 Å². The third kappa shape index (κ3) is 12.7. The van der Waals surface area contributed by atoms with Gasteiger partial charge < -0.3 is 42.1 Å². The molecule has 0 aliphatic carbocycles. The standard InChI is InChI=1S/C47H87IO9Si3/c1-32(33(2)50)29-35-24-26-39-47(31-48,54-35)30-36(51-39)21-19-18-20-22-38(55-58(12,13)44(3,4)5)41-43(57-60(16,17)46(9,10)11)42(56-59(14,15)45(6,7)8)40-37(53-41)25-23-34(52-40)27-28-49/h20,22,28,32,34-43,50H,2,18-19,21,23-27,29-31H2,1,3-17H3/b22-20+/t32-,34?,35?,36+,37+,38+,39+,40+,41+,42?,43?,47?/m1/s1. The molecule has 0 aromatic rings. The van der Waals surface area contributed by atoms with Crippen LogP contribution in [0.2, 0.25) is 54.4 Å². The molecule has 4 aliphatic heterocycles. The first-order chi connectivity index (χ1) is 27.5. The molecule has 0 bridgehead atoms. The van der Waals surface area contributed by atoms with Crippen LogP contribution in [0, 0.1) is 5.92 Å². The molecule has 12 atom stereocenters. The van der Waals surface area contributed by atoms with E-state index in [9.17, 15) is 9.90 Å². The first kappa shape index (κ1) is 52.7. The van der Waals surface area contributed by atoms with Gasteiger partial charge in [-0.25, -0.2) is 0 Å². The number of aliphatic hydroxyl groups excluding tert-OH is 1. The molecule has 0 aromatic heterocycles. The Morgan fingerprint density at radius 2 is 1.42 bits per heavy atom. The van der Waals surface area contributed by atoms with Crippen LogP contribution in [0.25, 0.3) is 0 Å². The molecule has 0 amide bonds. The van der Waals surface area contributed by atoms with E-state index in [0.717, 1.165) is 68.5 Å². The molecule has 0 radical (unpaired) electrons. The zero-order valence-electron chi connectivity index (χ0n) is 40.7. The summed E-state index contributed by atoms with van der Waals surface area (Å²) in [6.45, 7) is 40.3. The molecule has 4 fully saturated rings. The third-order valence-electron chi connectivity index (χ3n) is 15.5. The summed E-state index contributed by atoms with van der Waals surface area (Å²) in [5.41, 5.74) is -0.267. The van der Waals surface area contributed by atoms with E-state index in [1.165, 1.54) is 0 Å². The third-order valence-corrected chi connectivity index (χ3v) is 30.2. The first-order valence-electron chi connectivity index (χ1n) is 23.2. The van der Waals surface area contributed by atoms with Crippen molar-refractivity contribution in [2.45, 2.75) is 254 Å². The summed E-state index contributed by atoms with van der Waals surface area (Å²) in [5, 5.41) is 9.85. The van der Waals surface area contributed by atoms with Crippen LogP contribution in [-0.4, -0.2) is 107 Å². The second-order valence-corrected chi connectivity index (χ2v) is 38.4. The van der Waals surface area contributed by atoms with Gasteiger partial charge >= 0.3 is 0 Å². The van der Waals surface area contributed by atoms with E-state index in [2.05, 4.69) is 143 Å². The van der Waals surface area contributed by atoms with Crippen molar-refractivity contribution in [3.8, 4) is 0 Å². The van der Waals surface area contributed by atoms with Crippen molar-refractivity contribution < 1.29 is 42.1 Å². The smallest absolute Gasteiger partial charge is 0.193 e. The number of hydrogen-bond donors (Lipinski definition) is 1. The van der Waals surface area contributed by atoms with Gasteiger partial charge in [-0.1, -0.05) is 111 Å². The normalized spacial score (nSPS) is 33.3. The number of aldehydes is 1. The molecule has 4 rings (SSSR count). The minimum atomic E-state index is -2.39. The quantitative estimate of drug-likeness (QED) is 0.0274. The minimum absolute atomic E-state index is 0.0183. The number of fused-ring (bicyclic) bond motifs is 2. The lowest BCUT2D eigenvalue weighted by molar-refractivity contribution is -0.266. The van der Waals surface area contributed by atoms with Gasteiger partial charge in [0.1, 0.15) is 36.3 Å². The van der Waals surface area contributed by atoms with Crippen LogP contribution in [0.1, 0.15) is 133 Å². The Morgan fingerprint density at radius 3 is 1.97 bits per heavy atom. The Bertz CT molecular complexity index is 1450. The van der Waals surface area contributed by atoms with E-state index < -0.39 is 37.2 Å². The lowest BCUT2D eigenvalue weighted by atomic mass is 9.85. The van der Waals surface area contributed by atoms with E-state index in [1.807, 2.05) is 6.92 Å². The summed E-state index contributed by atoms with van der Waals surface area (Å²) in [7, 11) is -7.06. The van der Waals surface area contributed by atoms with Crippen LogP contribution in [0.4, 0.5) is 0 Å². The number of hydrogen-bond acceptors (Lipinski definition) is 9. The highest BCUT2D eigenvalue weighted by molar-refractivity contribution is 14.1. The van der Waals surface area contributed by atoms with Crippen molar-refractivity contribution in [3.05, 3.63) is 24.5 Å². The maximum absolute atomic E-state index is 11.8. The molecule has 13 heteroatoms. The van der Waals surface area contributed by atoms with Crippen molar-refractivity contribution in [1.29, 1.82) is 0 Å². The number of alkyl halides is 1. The number of carbonyl (C=O) groups is 1. The van der Waals surface area contributed by atoms with E-state index in [0.29, 0.717) is 6.42 Å². The first-order valence-corrected chi connectivity index (χ1v) is 33.4. The van der Waals surface area contributed by atoms with Gasteiger partial charge in [0.05, 0.1) is 42.4 Å². The van der Waals surface area contributed by atoms with Crippen LogP contribution >= 0.6 is 22.6 Å². The molecule has 0 spiro atoms. The Kier molecular flexibility index (Phi) is 17.8. The van der Waals surface area contributed by atoms with Crippen LogP contribution < -0.4 is 0 Å². The van der Waals surface area contributed by atoms with Crippen LogP contribution in [0.15, 0.2) is 24.5 Å². The zero-order valence-corrected chi connectivity index (χ0v) is 45.8. The topological polar surface area (TPSA) is 102 Å². The minimum Gasteiger partial charge on any atom is -0.513 e. The average molecular weight is 1010 g/mol. The predicted molar refractivity (Wildman–Crippen MR) is 261 cm³/mol. The summed E-state index contributed by atoms with van der Waals surface area (Å²) < 4.78 is 51.1. The number of carbonyl (C=O) groups excluding carboxylic acids is 1. The van der Waals surface area contributed by atoms with Gasteiger partial charge in [-0.05, 0) is 106 Å². The molecule has 0 aromatic carbocycles. The Hall–Kier alpha value is 0.0506. The van der Waals surface area contributed by atoms with E-state index in [-0.39, 0.29) is 81.2 Å². The van der Waals surface area contributed by atoms with Crippen molar-refractivity contribution in [3.63, 3.8) is 0 Å². The SMILES string of the molecule is C=C(O)[C@H](C)CC1CC[C@@H]2O[C@@H](CCC/C=C/[C@H](O[Si](C)(C)C(C)(C)C)[C@@H]3O[C@H]4CCC(CC=O)O[C@@H]4C(O[Si](C)(C)C(C)(C)C)C3O[Si](C)(C)C(C)(C)C)CC2(CI)O1. The largest absolute Gasteiger partial charge is 0.513 e. The van der Waals surface area contributed by atoms with Crippen molar-refractivity contribution in [2.24, 2.45) is 5.92 Å². The highest BCUT2D eigenvalue weighted by Gasteiger charge is 2.58. The number of ether oxygens (including phenoxy) is 4. The fraction of sp³-hybridized carbons (Fsp3) is 0.894. The van der Waals surface area contributed by atoms with Crippen LogP contribution in [0.3, 0.4) is 0 Å². The number of allylic oxidation sites excluding steroid dienone is 2. The second kappa shape index (κ2) is 20.3. The van der Waals surface area contributed by atoms with Gasteiger partial charge in [0.25, 0.3) is 0 Å². The summed E-state index contributed by atoms with van der Waals surface area (Å²) in [4.78, 5) is 11.8. The fourth-order valence-corrected chi connectivity index (χ4v) is 13.2. The molecule has 0 saturated carbocycles. The number of unbranched alkanes of at least 4 members (excludes halogenated alkanes) is 1. The van der Waals surface area contributed by atoms with E-state index in [1.54, 1.807) is 0 Å². The highest BCUT2D eigenvalue weighted by Crippen LogP contribution is 2.48. The molecule has 4 saturated heterocycles. The Balaban J connectivity index is 1.64. The Labute approximate surface area is 383 Å². The predicted octanol–water partition coefficient (Wildman–Crippen LogP) is 12.4. The van der Waals surface area contributed by atoms with Gasteiger partial charge in [0.15, 0.2) is 25.0 Å². The van der Waals surface area contributed by atoms with Gasteiger partial charge in [0.2, 0.25) is 0 Å². The Morgan fingerprint density at radius 1 is 0.833 bits per heavy atom. The maximum Gasteiger partial charge on any atom is 0.193 e. The van der Waals surface area contributed by atoms with Gasteiger partial charge in [-0.3, -0.25) is 0 Å². The maximum atomic E-state index is 11.8. The summed E-state index contributed by atoms with van der Waals surface area (Å²) >= 11 is 2.48. The molecule has 5 unspecified atom stereocenters. The van der Waals surface area contributed by atoms with Crippen molar-refractivity contribution in [2.75, 3.05) is 4.43 Å². The second-order valence-electron chi connectivity index (χ2n) is 23.3. The molecule has 4 aliphatic rings. The van der Waals surface area contributed by atoms with Crippen LogP contribution in [0.5, 0.6) is 0 Å². The lowest BCUT2D eigenvalue weighted by Crippen LogP contribution is -2.69. The molecular weight excluding hydrogens is 920 g/mol. The number of aliphatic hydroxyl groups is 1. The molecule has 1 N–H and O–H groups in total. The average Bonchev–Trinajstić information content (AvgIpc) is 3.48.